The first-order chi connectivity index (χ1) is 18.7. The Hall–Kier alpha value is -3.94. The molecule has 2 fully saturated rings. The molecule has 2 aliphatic rings. The van der Waals surface area contributed by atoms with Crippen molar-refractivity contribution in [3.8, 4) is 6.07 Å². The number of nitrogens with one attached hydrogen (secondary N) is 2. The summed E-state index contributed by atoms with van der Waals surface area (Å²) in [5.41, 5.74) is 0.888. The lowest BCUT2D eigenvalue weighted by Gasteiger charge is -2.20. The zero-order valence-electron chi connectivity index (χ0n) is 21.7. The average molecular weight is 549 g/mol. The van der Waals surface area contributed by atoms with Crippen molar-refractivity contribution in [2.75, 3.05) is 25.5 Å². The van der Waals surface area contributed by atoms with Crippen LogP contribution in [0.4, 0.5) is 5.69 Å². The van der Waals surface area contributed by atoms with E-state index in [1.165, 1.54) is 22.8 Å². The standard InChI is InChI=1S/C28H29ClN6O4/c1-3-34-24-9-8-19(11-20(24)27(38)35(28(34)39)13-16-4-5-16)31-26(37)21-14-33(2)15-23(21)32-25(36)17-6-7-18(12-30)22(29)10-17/h6-11,16,21,23H,3-5,13-15H2,1-2H3,(H,31,37)(H,32,36)/t21-,23+/m1/s1. The maximum Gasteiger partial charge on any atom is 0.331 e. The summed E-state index contributed by atoms with van der Waals surface area (Å²) in [6, 6.07) is 10.9. The van der Waals surface area contributed by atoms with E-state index in [1.54, 1.807) is 22.8 Å². The molecule has 2 atom stereocenters. The summed E-state index contributed by atoms with van der Waals surface area (Å²) in [4.78, 5) is 54.4. The number of amides is 2. The van der Waals surface area contributed by atoms with Crippen LogP contribution in [0.3, 0.4) is 0 Å². The van der Waals surface area contributed by atoms with Crippen molar-refractivity contribution in [2.24, 2.45) is 11.8 Å². The number of likely N-dealkylation sites (tertiary alicyclic amines) is 1. The zero-order valence-corrected chi connectivity index (χ0v) is 22.5. The number of benzene rings is 2. The highest BCUT2D eigenvalue weighted by molar-refractivity contribution is 6.32. The molecule has 39 heavy (non-hydrogen) atoms. The van der Waals surface area contributed by atoms with Crippen LogP contribution in [-0.4, -0.2) is 52.0 Å². The molecule has 202 valence electrons. The Bertz CT molecular complexity index is 1630. The minimum atomic E-state index is -0.542. The topological polar surface area (TPSA) is 129 Å². The quantitative estimate of drug-likeness (QED) is 0.466. The van der Waals surface area contributed by atoms with Crippen molar-refractivity contribution >= 4 is 40.0 Å². The summed E-state index contributed by atoms with van der Waals surface area (Å²) < 4.78 is 2.89. The van der Waals surface area contributed by atoms with E-state index in [9.17, 15) is 19.2 Å². The van der Waals surface area contributed by atoms with E-state index in [1.807, 2.05) is 24.9 Å². The Morgan fingerprint density at radius 1 is 1.10 bits per heavy atom. The van der Waals surface area contributed by atoms with Crippen molar-refractivity contribution in [1.82, 2.24) is 19.4 Å². The van der Waals surface area contributed by atoms with E-state index in [0.29, 0.717) is 54.3 Å². The number of halogens is 1. The van der Waals surface area contributed by atoms with Gasteiger partial charge in [-0.05, 0) is 69.1 Å². The summed E-state index contributed by atoms with van der Waals surface area (Å²) in [6.45, 7) is 3.60. The van der Waals surface area contributed by atoms with Crippen molar-refractivity contribution in [1.29, 1.82) is 5.26 Å². The van der Waals surface area contributed by atoms with Crippen LogP contribution < -0.4 is 21.9 Å². The maximum absolute atomic E-state index is 13.4. The molecule has 1 saturated heterocycles. The van der Waals surface area contributed by atoms with Crippen molar-refractivity contribution in [2.45, 2.75) is 38.9 Å². The number of anilines is 1. The van der Waals surface area contributed by atoms with Gasteiger partial charge in [-0.2, -0.15) is 5.26 Å². The molecule has 0 radical (unpaired) electrons. The Labute approximate surface area is 229 Å². The molecule has 2 amide bonds. The first kappa shape index (κ1) is 26.7. The third-order valence-electron chi connectivity index (χ3n) is 7.45. The number of rotatable bonds is 7. The smallest absolute Gasteiger partial charge is 0.331 e. The van der Waals surface area contributed by atoms with Crippen LogP contribution in [-0.2, 0) is 17.9 Å². The molecular weight excluding hydrogens is 520 g/mol. The molecule has 0 spiro atoms. The number of carbonyl (C=O) groups is 2. The summed E-state index contributed by atoms with van der Waals surface area (Å²) in [6.07, 6.45) is 2.02. The predicted octanol–water partition coefficient (Wildman–Crippen LogP) is 2.42. The van der Waals surface area contributed by atoms with E-state index in [-0.39, 0.29) is 33.6 Å². The highest BCUT2D eigenvalue weighted by Gasteiger charge is 2.37. The van der Waals surface area contributed by atoms with Crippen LogP contribution in [0.1, 0.15) is 35.7 Å². The second kappa shape index (κ2) is 10.7. The van der Waals surface area contributed by atoms with Gasteiger partial charge in [0.1, 0.15) is 6.07 Å². The van der Waals surface area contributed by atoms with E-state index >= 15 is 0 Å². The van der Waals surface area contributed by atoms with Crippen LogP contribution in [0.2, 0.25) is 5.02 Å². The molecule has 2 aromatic carbocycles. The van der Waals surface area contributed by atoms with Crippen LogP contribution >= 0.6 is 11.6 Å². The Kier molecular flexibility index (Phi) is 7.30. The number of nitriles is 1. The number of hydrogen-bond acceptors (Lipinski definition) is 6. The lowest BCUT2D eigenvalue weighted by atomic mass is 10.0. The van der Waals surface area contributed by atoms with E-state index in [0.717, 1.165) is 12.8 Å². The van der Waals surface area contributed by atoms with Crippen molar-refractivity contribution < 1.29 is 9.59 Å². The van der Waals surface area contributed by atoms with Gasteiger partial charge >= 0.3 is 5.69 Å². The molecule has 2 heterocycles. The molecule has 1 aliphatic heterocycles. The Balaban J connectivity index is 1.37. The average Bonchev–Trinajstić information content (AvgIpc) is 3.66. The molecule has 0 bridgehead atoms. The molecule has 1 aromatic heterocycles. The second-order valence-corrected chi connectivity index (χ2v) is 10.7. The fourth-order valence-electron chi connectivity index (χ4n) is 5.17. The maximum atomic E-state index is 13.4. The van der Waals surface area contributed by atoms with Gasteiger partial charge in [-0.1, -0.05) is 11.6 Å². The number of aryl methyl sites for hydroxylation is 1. The largest absolute Gasteiger partial charge is 0.347 e. The summed E-state index contributed by atoms with van der Waals surface area (Å²) in [5.74, 6) is -0.865. The normalized spacial score (nSPS) is 19.1. The summed E-state index contributed by atoms with van der Waals surface area (Å²) in [7, 11) is 1.87. The molecule has 1 aliphatic carbocycles. The second-order valence-electron chi connectivity index (χ2n) is 10.3. The number of nitrogens with zero attached hydrogens (tertiary/aromatic N) is 4. The molecule has 2 N–H and O–H groups in total. The third-order valence-corrected chi connectivity index (χ3v) is 7.77. The first-order valence-electron chi connectivity index (χ1n) is 13.0. The zero-order chi connectivity index (χ0) is 27.8. The lowest BCUT2D eigenvalue weighted by Crippen LogP contribution is -2.44. The molecular formula is C28H29ClN6O4. The molecule has 3 aromatic rings. The molecule has 0 unspecified atom stereocenters. The van der Waals surface area contributed by atoms with Crippen molar-refractivity contribution in [3.05, 3.63) is 73.4 Å². The fraction of sp³-hybridized carbons (Fsp3) is 0.393. The van der Waals surface area contributed by atoms with Crippen LogP contribution in [0.5, 0.6) is 0 Å². The Morgan fingerprint density at radius 3 is 2.54 bits per heavy atom. The van der Waals surface area contributed by atoms with Gasteiger partial charge in [-0.3, -0.25) is 23.5 Å². The van der Waals surface area contributed by atoms with Crippen LogP contribution in [0, 0.1) is 23.2 Å². The van der Waals surface area contributed by atoms with Gasteiger partial charge in [-0.25, -0.2) is 4.79 Å². The SMILES string of the molecule is CCn1c(=O)n(CC2CC2)c(=O)c2cc(NC(=O)[C@@H]3CN(C)C[C@@H]3NC(=O)c3ccc(C#N)c(Cl)c3)ccc21. The fourth-order valence-corrected chi connectivity index (χ4v) is 5.40. The van der Waals surface area contributed by atoms with Gasteiger partial charge < -0.3 is 15.5 Å². The van der Waals surface area contributed by atoms with E-state index < -0.39 is 12.0 Å². The first-order valence-corrected chi connectivity index (χ1v) is 13.3. The van der Waals surface area contributed by atoms with Crippen molar-refractivity contribution in [3.63, 3.8) is 0 Å². The van der Waals surface area contributed by atoms with Gasteiger partial charge in [0.25, 0.3) is 11.5 Å². The monoisotopic (exact) mass is 548 g/mol. The predicted molar refractivity (Wildman–Crippen MR) is 148 cm³/mol. The number of fused-ring (bicyclic) bond motifs is 1. The van der Waals surface area contributed by atoms with Gasteiger partial charge in [0, 0.05) is 37.4 Å². The number of aromatic nitrogens is 2. The highest BCUT2D eigenvalue weighted by Crippen LogP contribution is 2.30. The summed E-state index contributed by atoms with van der Waals surface area (Å²) >= 11 is 6.08. The highest BCUT2D eigenvalue weighted by atomic mass is 35.5. The minimum Gasteiger partial charge on any atom is -0.347 e. The molecule has 11 heteroatoms. The van der Waals surface area contributed by atoms with Crippen LogP contribution in [0.25, 0.3) is 10.9 Å². The Morgan fingerprint density at radius 2 is 1.87 bits per heavy atom. The van der Waals surface area contributed by atoms with Crippen LogP contribution in [0.15, 0.2) is 46.0 Å². The number of carbonyl (C=O) groups excluding carboxylic acids is 2. The van der Waals surface area contributed by atoms with Gasteiger partial charge in [0.15, 0.2) is 0 Å². The molecule has 1 saturated carbocycles. The number of likely N-dealkylation sites (N-methyl/N-ethyl adjacent to an activating group) is 1. The lowest BCUT2D eigenvalue weighted by molar-refractivity contribution is -0.119. The van der Waals surface area contributed by atoms with E-state index in [4.69, 9.17) is 16.9 Å². The number of hydrogen-bond donors (Lipinski definition) is 2. The minimum absolute atomic E-state index is 0.184. The van der Waals surface area contributed by atoms with E-state index in [2.05, 4.69) is 10.6 Å². The van der Waals surface area contributed by atoms with Gasteiger partial charge in [-0.15, -0.1) is 0 Å². The van der Waals surface area contributed by atoms with Gasteiger partial charge in [0.2, 0.25) is 5.91 Å². The summed E-state index contributed by atoms with van der Waals surface area (Å²) in [5, 5.41) is 15.5. The van der Waals surface area contributed by atoms with Gasteiger partial charge in [0.05, 0.1) is 33.4 Å². The molecule has 10 nitrogen and oxygen atoms in total. The molecule has 5 rings (SSSR count). The third kappa shape index (κ3) is 5.33.